The van der Waals surface area contributed by atoms with Crippen molar-refractivity contribution >= 4 is 30.0 Å². The van der Waals surface area contributed by atoms with Crippen molar-refractivity contribution < 1.29 is 19.0 Å². The number of benzene rings is 1. The fourth-order valence-electron chi connectivity index (χ4n) is 3.33. The quantitative estimate of drug-likeness (QED) is 0.752. The number of esters is 1. The van der Waals surface area contributed by atoms with Gasteiger partial charge in [0.15, 0.2) is 0 Å². The van der Waals surface area contributed by atoms with E-state index in [2.05, 4.69) is 4.90 Å². The highest BCUT2D eigenvalue weighted by atomic mass is 35.5. The molecule has 0 radical (unpaired) electrons. The highest BCUT2D eigenvalue weighted by molar-refractivity contribution is 6.30. The molecule has 3 rings (SSSR count). The van der Waals surface area contributed by atoms with Crippen LogP contribution in [0.25, 0.3) is 0 Å². The van der Waals surface area contributed by atoms with Crippen LogP contribution in [0.4, 0.5) is 0 Å². The summed E-state index contributed by atoms with van der Waals surface area (Å²) in [4.78, 5) is 14.4. The molecule has 7 heteroatoms. The molecular weight excluding hydrogens is 341 g/mol. The Morgan fingerprint density at radius 1 is 1.43 bits per heavy atom. The van der Waals surface area contributed by atoms with Gasteiger partial charge in [0.25, 0.3) is 0 Å². The highest BCUT2D eigenvalue weighted by Crippen LogP contribution is 2.42. The van der Waals surface area contributed by atoms with Crippen molar-refractivity contribution in [3.63, 3.8) is 0 Å². The second-order valence-corrected chi connectivity index (χ2v) is 6.33. The van der Waals surface area contributed by atoms with Gasteiger partial charge in [-0.3, -0.25) is 9.69 Å². The molecule has 0 aliphatic carbocycles. The Labute approximate surface area is 147 Å². The van der Waals surface area contributed by atoms with Crippen LogP contribution in [-0.4, -0.2) is 57.4 Å². The van der Waals surface area contributed by atoms with Crippen LogP contribution in [0.3, 0.4) is 0 Å². The first-order chi connectivity index (χ1) is 10.6. The molecule has 2 fully saturated rings. The Kier molecular flexibility index (Phi) is 6.14. The summed E-state index contributed by atoms with van der Waals surface area (Å²) in [6, 6.07) is 7.32. The summed E-state index contributed by atoms with van der Waals surface area (Å²) >= 11 is 5.84. The summed E-state index contributed by atoms with van der Waals surface area (Å²) in [7, 11) is 1.44. The molecule has 1 aromatic rings. The number of halogens is 2. The van der Waals surface area contributed by atoms with E-state index in [-0.39, 0.29) is 24.3 Å². The minimum atomic E-state index is -0.491. The Bertz CT molecular complexity index is 539. The molecular formula is C16H21Cl2NO4. The van der Waals surface area contributed by atoms with E-state index in [1.165, 1.54) is 7.11 Å². The predicted octanol–water partition coefficient (Wildman–Crippen LogP) is 2.26. The predicted molar refractivity (Wildman–Crippen MR) is 89.4 cm³/mol. The van der Waals surface area contributed by atoms with E-state index in [0.717, 1.165) is 18.8 Å². The average Bonchev–Trinajstić information content (AvgIpc) is 3.06. The number of carbonyl (C=O) groups excluding carboxylic acids is 1. The number of rotatable bonds is 5. The van der Waals surface area contributed by atoms with Crippen molar-refractivity contribution in [2.24, 2.45) is 11.3 Å². The zero-order chi connectivity index (χ0) is 15.6. The maximum atomic E-state index is 12.1. The number of ether oxygens (including phenoxy) is 3. The molecule has 0 N–H and O–H groups in total. The summed E-state index contributed by atoms with van der Waals surface area (Å²) < 4.78 is 16.2. The van der Waals surface area contributed by atoms with Gasteiger partial charge >= 0.3 is 5.97 Å². The lowest BCUT2D eigenvalue weighted by Gasteiger charge is -2.24. The topological polar surface area (TPSA) is 48.0 Å². The van der Waals surface area contributed by atoms with Gasteiger partial charge in [0.2, 0.25) is 0 Å². The van der Waals surface area contributed by atoms with Crippen LogP contribution < -0.4 is 4.74 Å². The first-order valence-corrected chi connectivity index (χ1v) is 7.79. The third-order valence-corrected chi connectivity index (χ3v) is 4.78. The van der Waals surface area contributed by atoms with Crippen LogP contribution in [0.5, 0.6) is 5.75 Å². The molecule has 5 nitrogen and oxygen atoms in total. The summed E-state index contributed by atoms with van der Waals surface area (Å²) in [5.41, 5.74) is -0.491. The first kappa shape index (κ1) is 18.3. The molecule has 1 aromatic carbocycles. The summed E-state index contributed by atoms with van der Waals surface area (Å²) in [5, 5.41) is 0.694. The lowest BCUT2D eigenvalue weighted by Crippen LogP contribution is -2.40. The Morgan fingerprint density at radius 3 is 2.87 bits per heavy atom. The molecule has 23 heavy (non-hydrogen) atoms. The van der Waals surface area contributed by atoms with E-state index in [9.17, 15) is 4.79 Å². The molecule has 0 saturated carbocycles. The highest BCUT2D eigenvalue weighted by Gasteiger charge is 2.56. The maximum Gasteiger partial charge on any atom is 0.315 e. The molecule has 0 spiro atoms. The van der Waals surface area contributed by atoms with Crippen LogP contribution in [0, 0.1) is 11.3 Å². The normalized spacial score (nSPS) is 26.4. The van der Waals surface area contributed by atoms with Crippen LogP contribution in [0.2, 0.25) is 5.02 Å². The summed E-state index contributed by atoms with van der Waals surface area (Å²) in [6.07, 6.45) is 0. The van der Waals surface area contributed by atoms with Gasteiger partial charge in [-0.2, -0.15) is 0 Å². The molecule has 2 saturated heterocycles. The largest absolute Gasteiger partial charge is 0.492 e. The van der Waals surface area contributed by atoms with Gasteiger partial charge in [0.05, 0.1) is 20.3 Å². The molecule has 2 atom stereocenters. The van der Waals surface area contributed by atoms with Crippen molar-refractivity contribution in [2.75, 3.05) is 46.6 Å². The van der Waals surface area contributed by atoms with Crippen molar-refractivity contribution in [3.05, 3.63) is 29.3 Å². The molecule has 0 aromatic heterocycles. The number of likely N-dealkylation sites (tertiary alicyclic amines) is 1. The fraction of sp³-hybridized carbons (Fsp3) is 0.562. The van der Waals surface area contributed by atoms with Crippen LogP contribution >= 0.6 is 24.0 Å². The zero-order valence-electron chi connectivity index (χ0n) is 13.0. The lowest BCUT2D eigenvalue weighted by molar-refractivity contribution is -0.153. The number of nitrogens with zero attached hydrogens (tertiary/aromatic N) is 1. The van der Waals surface area contributed by atoms with E-state index < -0.39 is 5.41 Å². The zero-order valence-corrected chi connectivity index (χ0v) is 14.6. The third-order valence-electron chi connectivity index (χ3n) is 4.53. The van der Waals surface area contributed by atoms with Gasteiger partial charge in [0, 0.05) is 30.6 Å². The van der Waals surface area contributed by atoms with Crippen LogP contribution in [0.1, 0.15) is 0 Å². The molecule has 2 heterocycles. The van der Waals surface area contributed by atoms with E-state index >= 15 is 0 Å². The van der Waals surface area contributed by atoms with Gasteiger partial charge in [-0.25, -0.2) is 0 Å². The number of hydrogen-bond acceptors (Lipinski definition) is 5. The van der Waals surface area contributed by atoms with Crippen molar-refractivity contribution in [1.29, 1.82) is 0 Å². The van der Waals surface area contributed by atoms with E-state index in [4.69, 9.17) is 25.8 Å². The van der Waals surface area contributed by atoms with Crippen LogP contribution in [0.15, 0.2) is 24.3 Å². The molecule has 0 amide bonds. The molecule has 0 unspecified atom stereocenters. The average molecular weight is 362 g/mol. The fourth-order valence-corrected chi connectivity index (χ4v) is 3.45. The monoisotopic (exact) mass is 361 g/mol. The van der Waals surface area contributed by atoms with E-state index in [0.29, 0.717) is 31.4 Å². The minimum Gasteiger partial charge on any atom is -0.492 e. The summed E-state index contributed by atoms with van der Waals surface area (Å²) in [5.74, 6) is 0.862. The second-order valence-electron chi connectivity index (χ2n) is 5.90. The minimum absolute atomic E-state index is 0. The Balaban J connectivity index is 0.00000192. The Morgan fingerprint density at radius 2 is 2.17 bits per heavy atom. The van der Waals surface area contributed by atoms with Gasteiger partial charge in [-0.15, -0.1) is 12.4 Å². The van der Waals surface area contributed by atoms with Crippen LogP contribution in [-0.2, 0) is 14.3 Å². The Hall–Kier alpha value is -1.01. The van der Waals surface area contributed by atoms with Gasteiger partial charge in [-0.05, 0) is 24.3 Å². The molecule has 128 valence electrons. The van der Waals surface area contributed by atoms with E-state index in [1.54, 1.807) is 12.1 Å². The molecule has 2 aliphatic heterocycles. The standard InChI is InChI=1S/C16H20ClNO4.ClH/c1-20-15(19)16-10-18(8-12(16)9-21-11-16)6-7-22-14-4-2-13(17)3-5-14;/h2-5,12H,6-11H2,1H3;1H/t12-,16-;/m0./s1. The number of carbonyl (C=O) groups is 1. The molecule has 0 bridgehead atoms. The summed E-state index contributed by atoms with van der Waals surface area (Å²) in [6.45, 7) is 3.96. The van der Waals surface area contributed by atoms with Crippen molar-refractivity contribution in [2.45, 2.75) is 0 Å². The number of hydrogen-bond donors (Lipinski definition) is 0. The smallest absolute Gasteiger partial charge is 0.315 e. The van der Waals surface area contributed by atoms with Crippen molar-refractivity contribution in [1.82, 2.24) is 4.90 Å². The molecule has 2 aliphatic rings. The first-order valence-electron chi connectivity index (χ1n) is 7.41. The number of fused-ring (bicyclic) bond motifs is 1. The van der Waals surface area contributed by atoms with Gasteiger partial charge in [0.1, 0.15) is 17.8 Å². The number of methoxy groups -OCH3 is 1. The van der Waals surface area contributed by atoms with Gasteiger partial charge in [-0.1, -0.05) is 11.6 Å². The lowest BCUT2D eigenvalue weighted by atomic mass is 9.81. The van der Waals surface area contributed by atoms with Crippen molar-refractivity contribution in [3.8, 4) is 5.75 Å². The maximum absolute atomic E-state index is 12.1. The van der Waals surface area contributed by atoms with Gasteiger partial charge < -0.3 is 14.2 Å². The second kappa shape index (κ2) is 7.71. The van der Waals surface area contributed by atoms with E-state index in [1.807, 2.05) is 12.1 Å². The third kappa shape index (κ3) is 3.74. The SMILES string of the molecule is COC(=O)[C@@]12COC[C@@H]1CN(CCOc1ccc(Cl)cc1)C2.Cl.